The van der Waals surface area contributed by atoms with Crippen molar-refractivity contribution in [3.05, 3.63) is 35.7 Å². The largest absolute Gasteiger partial charge is 0.416 e. The van der Waals surface area contributed by atoms with Gasteiger partial charge in [-0.25, -0.2) is 0 Å². The topological polar surface area (TPSA) is 51.0 Å². The summed E-state index contributed by atoms with van der Waals surface area (Å²) in [6.45, 7) is 6.96. The molecule has 0 amide bonds. The molecule has 4 nitrogen and oxygen atoms in total. The van der Waals surface area contributed by atoms with Gasteiger partial charge in [-0.05, 0) is 29.5 Å². The molecule has 5 heteroatoms. The van der Waals surface area contributed by atoms with Gasteiger partial charge < -0.3 is 9.73 Å². The van der Waals surface area contributed by atoms with Crippen LogP contribution < -0.4 is 5.32 Å². The molecule has 1 aromatic heterocycles. The lowest BCUT2D eigenvalue weighted by Gasteiger charge is -2.08. The van der Waals surface area contributed by atoms with E-state index in [1.54, 1.807) is 6.92 Å². The van der Waals surface area contributed by atoms with Gasteiger partial charge in [0.2, 0.25) is 5.89 Å². The molecule has 0 saturated heterocycles. The fraction of sp³-hybridized carbons (Fsp3) is 0.385. The van der Waals surface area contributed by atoms with Crippen LogP contribution in [0.4, 0.5) is 0 Å². The van der Waals surface area contributed by atoms with Gasteiger partial charge in [0.05, 0.1) is 0 Å². The number of aromatic nitrogens is 2. The molecule has 0 unspecified atom stereocenters. The zero-order valence-electron chi connectivity index (χ0n) is 10.8. The summed E-state index contributed by atoms with van der Waals surface area (Å²) in [5.41, 5.74) is 1.27. The Morgan fingerprint density at radius 1 is 1.22 bits per heavy atom. The van der Waals surface area contributed by atoms with Crippen LogP contribution in [0.1, 0.15) is 25.3 Å². The van der Waals surface area contributed by atoms with Gasteiger partial charge >= 0.3 is 0 Å². The summed E-state index contributed by atoms with van der Waals surface area (Å²) in [4.78, 5) is 1.10. The maximum Gasteiger partial charge on any atom is 0.281 e. The lowest BCUT2D eigenvalue weighted by Crippen LogP contribution is -2.21. The lowest BCUT2D eigenvalue weighted by atomic mass is 10.2. The first-order chi connectivity index (χ1) is 8.63. The molecule has 0 fully saturated rings. The molecule has 0 bridgehead atoms. The standard InChI is InChI=1S/C13H17N3OS/c1-9(2)14-8-11-4-6-12(7-5-11)18-13-16-15-10(3)17-13/h4-7,9,14H,8H2,1-3H3. The van der Waals surface area contributed by atoms with Crippen LogP contribution in [0.2, 0.25) is 0 Å². The quantitative estimate of drug-likeness (QED) is 0.898. The Labute approximate surface area is 111 Å². The second-order valence-electron chi connectivity index (χ2n) is 4.37. The third kappa shape index (κ3) is 3.85. The summed E-state index contributed by atoms with van der Waals surface area (Å²) in [5, 5.41) is 11.7. The van der Waals surface area contributed by atoms with Crippen molar-refractivity contribution in [3.8, 4) is 0 Å². The predicted octanol–water partition coefficient (Wildman–Crippen LogP) is 3.03. The number of nitrogens with zero attached hydrogens (tertiary/aromatic N) is 2. The second-order valence-corrected chi connectivity index (χ2v) is 5.39. The van der Waals surface area contributed by atoms with Crippen LogP contribution in [0.3, 0.4) is 0 Å². The van der Waals surface area contributed by atoms with Crippen molar-refractivity contribution in [1.29, 1.82) is 0 Å². The van der Waals surface area contributed by atoms with E-state index in [1.165, 1.54) is 17.3 Å². The Kier molecular flexibility index (Phi) is 4.38. The van der Waals surface area contributed by atoms with Gasteiger partial charge in [-0.1, -0.05) is 26.0 Å². The Hall–Kier alpha value is -1.33. The Morgan fingerprint density at radius 2 is 1.94 bits per heavy atom. The molecular formula is C13H17N3OS. The fourth-order valence-electron chi connectivity index (χ4n) is 1.42. The first-order valence-corrected chi connectivity index (χ1v) is 6.75. The minimum absolute atomic E-state index is 0.500. The van der Waals surface area contributed by atoms with E-state index in [9.17, 15) is 0 Å². The van der Waals surface area contributed by atoms with Crippen LogP contribution in [0.15, 0.2) is 38.8 Å². The highest BCUT2D eigenvalue weighted by Crippen LogP contribution is 2.26. The van der Waals surface area contributed by atoms with Crippen LogP contribution in [0, 0.1) is 6.92 Å². The van der Waals surface area contributed by atoms with Crippen LogP contribution in [0.5, 0.6) is 0 Å². The molecule has 96 valence electrons. The highest BCUT2D eigenvalue weighted by atomic mass is 32.2. The van der Waals surface area contributed by atoms with E-state index in [1.807, 2.05) is 0 Å². The molecule has 0 aliphatic carbocycles. The molecule has 0 aliphatic heterocycles. The number of hydrogen-bond donors (Lipinski definition) is 1. The zero-order valence-corrected chi connectivity index (χ0v) is 11.6. The van der Waals surface area contributed by atoms with E-state index in [-0.39, 0.29) is 0 Å². The minimum atomic E-state index is 0.500. The minimum Gasteiger partial charge on any atom is -0.416 e. The van der Waals surface area contributed by atoms with Crippen molar-refractivity contribution in [2.45, 2.75) is 43.5 Å². The molecular weight excluding hydrogens is 246 g/mol. The first kappa shape index (κ1) is 13.1. The Balaban J connectivity index is 1.95. The van der Waals surface area contributed by atoms with Gasteiger partial charge in [-0.2, -0.15) is 0 Å². The van der Waals surface area contributed by atoms with Gasteiger partial charge in [0, 0.05) is 24.4 Å². The molecule has 2 rings (SSSR count). The molecule has 2 aromatic rings. The number of aryl methyl sites for hydroxylation is 1. The molecule has 1 aromatic carbocycles. The van der Waals surface area contributed by atoms with Crippen LogP contribution >= 0.6 is 11.8 Å². The Bertz CT molecular complexity index is 493. The normalized spacial score (nSPS) is 11.1. The molecule has 1 N–H and O–H groups in total. The highest BCUT2D eigenvalue weighted by Gasteiger charge is 2.04. The monoisotopic (exact) mass is 263 g/mol. The maximum absolute atomic E-state index is 5.33. The molecule has 0 atom stereocenters. The van der Waals surface area contributed by atoms with E-state index in [0.717, 1.165) is 11.4 Å². The lowest BCUT2D eigenvalue weighted by molar-refractivity contribution is 0.429. The third-order valence-corrected chi connectivity index (χ3v) is 3.20. The average Bonchev–Trinajstić information content (AvgIpc) is 2.74. The summed E-state index contributed by atoms with van der Waals surface area (Å²) < 4.78 is 5.33. The van der Waals surface area contributed by atoms with Crippen LogP contribution in [-0.4, -0.2) is 16.2 Å². The van der Waals surface area contributed by atoms with Crippen molar-refractivity contribution in [1.82, 2.24) is 15.5 Å². The number of hydrogen-bond acceptors (Lipinski definition) is 5. The summed E-state index contributed by atoms with van der Waals surface area (Å²) in [7, 11) is 0. The van der Waals surface area contributed by atoms with Crippen molar-refractivity contribution in [2.24, 2.45) is 0 Å². The van der Waals surface area contributed by atoms with E-state index >= 15 is 0 Å². The summed E-state index contributed by atoms with van der Waals surface area (Å²) in [6, 6.07) is 8.87. The molecule has 0 radical (unpaired) electrons. The van der Waals surface area contributed by atoms with Crippen molar-refractivity contribution in [3.63, 3.8) is 0 Å². The predicted molar refractivity (Wildman–Crippen MR) is 71.6 cm³/mol. The van der Waals surface area contributed by atoms with Gasteiger partial charge in [0.25, 0.3) is 5.22 Å². The molecule has 0 spiro atoms. The number of nitrogens with one attached hydrogen (secondary N) is 1. The summed E-state index contributed by atoms with van der Waals surface area (Å²) in [5.74, 6) is 0.593. The SMILES string of the molecule is Cc1nnc(Sc2ccc(CNC(C)C)cc2)o1. The second kappa shape index (κ2) is 6.02. The van der Waals surface area contributed by atoms with Gasteiger partial charge in [0.15, 0.2) is 0 Å². The maximum atomic E-state index is 5.33. The van der Waals surface area contributed by atoms with E-state index in [2.05, 4.69) is 53.6 Å². The van der Waals surface area contributed by atoms with Gasteiger partial charge in [0.1, 0.15) is 0 Å². The number of rotatable bonds is 5. The average molecular weight is 263 g/mol. The van der Waals surface area contributed by atoms with Gasteiger partial charge in [-0.3, -0.25) is 0 Å². The Morgan fingerprint density at radius 3 is 2.50 bits per heavy atom. The zero-order chi connectivity index (χ0) is 13.0. The number of benzene rings is 1. The van der Waals surface area contributed by atoms with Crippen molar-refractivity contribution < 1.29 is 4.42 Å². The summed E-state index contributed by atoms with van der Waals surface area (Å²) in [6.07, 6.45) is 0. The fourth-order valence-corrected chi connectivity index (χ4v) is 2.14. The van der Waals surface area contributed by atoms with Gasteiger partial charge in [-0.15, -0.1) is 10.2 Å². The van der Waals surface area contributed by atoms with E-state index < -0.39 is 0 Å². The van der Waals surface area contributed by atoms with Crippen LogP contribution in [-0.2, 0) is 6.54 Å². The molecule has 0 aliphatic rings. The van der Waals surface area contributed by atoms with Crippen molar-refractivity contribution >= 4 is 11.8 Å². The molecule has 0 saturated carbocycles. The molecule has 1 heterocycles. The summed E-state index contributed by atoms with van der Waals surface area (Å²) >= 11 is 1.48. The van der Waals surface area contributed by atoms with Crippen LogP contribution in [0.25, 0.3) is 0 Å². The first-order valence-electron chi connectivity index (χ1n) is 5.94. The van der Waals surface area contributed by atoms with E-state index in [0.29, 0.717) is 17.2 Å². The smallest absolute Gasteiger partial charge is 0.281 e. The highest BCUT2D eigenvalue weighted by molar-refractivity contribution is 7.99. The molecule has 18 heavy (non-hydrogen) atoms. The van der Waals surface area contributed by atoms with Crippen molar-refractivity contribution in [2.75, 3.05) is 0 Å². The van der Waals surface area contributed by atoms with E-state index in [4.69, 9.17) is 4.42 Å². The third-order valence-electron chi connectivity index (χ3n) is 2.35.